The predicted octanol–water partition coefficient (Wildman–Crippen LogP) is 0.0591. The summed E-state index contributed by atoms with van der Waals surface area (Å²) in [5.74, 6) is 4.70. The van der Waals surface area contributed by atoms with E-state index in [4.69, 9.17) is 11.6 Å². The lowest BCUT2D eigenvalue weighted by molar-refractivity contribution is -0.119. The molecule has 6 N–H and O–H groups in total. The number of rotatable bonds is 4. The fourth-order valence-corrected chi connectivity index (χ4v) is 1.02. The predicted molar refractivity (Wildman–Crippen MR) is 63.4 cm³/mol. The lowest BCUT2D eigenvalue weighted by Gasteiger charge is -2.03. The number of nitrogens with two attached hydrogens (primary N) is 2. The smallest absolute Gasteiger partial charge is 0.241 e. The molecule has 0 fully saturated rings. The summed E-state index contributed by atoms with van der Waals surface area (Å²) in [4.78, 5) is 10.9. The first-order chi connectivity index (χ1) is 7.61. The van der Waals surface area contributed by atoms with Gasteiger partial charge in [0.1, 0.15) is 5.84 Å². The Morgan fingerprint density at radius 1 is 1.38 bits per heavy atom. The Morgan fingerprint density at radius 3 is 2.56 bits per heavy atom. The highest BCUT2D eigenvalue weighted by Crippen LogP contribution is 2.08. The van der Waals surface area contributed by atoms with Crippen molar-refractivity contribution in [3.8, 4) is 0 Å². The Morgan fingerprint density at radius 2 is 2.00 bits per heavy atom. The van der Waals surface area contributed by atoms with Gasteiger partial charge in [0.2, 0.25) is 5.91 Å². The lowest BCUT2D eigenvalue weighted by atomic mass is 10.2. The van der Waals surface area contributed by atoms with Crippen LogP contribution in [0.15, 0.2) is 29.4 Å². The third-order valence-electron chi connectivity index (χ3n) is 1.88. The molecule has 0 heterocycles. The highest BCUT2D eigenvalue weighted by molar-refractivity contribution is 5.98. The van der Waals surface area contributed by atoms with Crippen LogP contribution < -0.4 is 22.4 Å². The van der Waals surface area contributed by atoms with E-state index in [1.165, 1.54) is 0 Å². The molecule has 0 aromatic heterocycles. The number of carbonyl (C=O) groups excluding carboxylic acids is 1. The van der Waals surface area contributed by atoms with Crippen LogP contribution in [-0.2, 0) is 4.79 Å². The zero-order valence-electron chi connectivity index (χ0n) is 9.03. The SMILES string of the molecule is Cc1ccc(N/N=C(/N)CC(=O)NN)cc1. The molecular weight excluding hydrogens is 206 g/mol. The van der Waals surface area contributed by atoms with Crippen LogP contribution in [0.2, 0.25) is 0 Å². The van der Waals surface area contributed by atoms with Gasteiger partial charge in [-0.3, -0.25) is 15.6 Å². The van der Waals surface area contributed by atoms with Crippen LogP contribution in [0.1, 0.15) is 12.0 Å². The van der Waals surface area contributed by atoms with Gasteiger partial charge in [0, 0.05) is 0 Å². The summed E-state index contributed by atoms with van der Waals surface area (Å²) < 4.78 is 0. The zero-order chi connectivity index (χ0) is 12.0. The molecule has 1 aromatic rings. The summed E-state index contributed by atoms with van der Waals surface area (Å²) in [6, 6.07) is 7.63. The quantitative estimate of drug-likeness (QED) is 0.190. The molecule has 6 nitrogen and oxygen atoms in total. The van der Waals surface area contributed by atoms with Crippen LogP contribution in [0, 0.1) is 6.92 Å². The van der Waals surface area contributed by atoms with Crippen LogP contribution in [0.5, 0.6) is 0 Å². The first kappa shape index (κ1) is 12.0. The summed E-state index contributed by atoms with van der Waals surface area (Å²) in [5, 5.41) is 3.84. The minimum absolute atomic E-state index is 0.0324. The van der Waals surface area contributed by atoms with Crippen molar-refractivity contribution >= 4 is 17.4 Å². The van der Waals surface area contributed by atoms with Crippen LogP contribution in [0.25, 0.3) is 0 Å². The number of hydrazone groups is 1. The molecule has 86 valence electrons. The third-order valence-corrected chi connectivity index (χ3v) is 1.88. The van der Waals surface area contributed by atoms with Crippen LogP contribution in [0.4, 0.5) is 5.69 Å². The van der Waals surface area contributed by atoms with Gasteiger partial charge in [-0.15, -0.1) is 0 Å². The van der Waals surface area contributed by atoms with Crippen molar-refractivity contribution in [1.82, 2.24) is 5.43 Å². The average molecular weight is 221 g/mol. The van der Waals surface area contributed by atoms with Gasteiger partial charge in [0.25, 0.3) is 0 Å². The van der Waals surface area contributed by atoms with E-state index >= 15 is 0 Å². The van der Waals surface area contributed by atoms with Crippen molar-refractivity contribution in [2.75, 3.05) is 5.43 Å². The number of hydrogen-bond acceptors (Lipinski definition) is 4. The van der Waals surface area contributed by atoms with Crippen molar-refractivity contribution in [3.05, 3.63) is 29.8 Å². The summed E-state index contributed by atoms with van der Waals surface area (Å²) in [6.07, 6.45) is -0.0324. The Kier molecular flexibility index (Phi) is 4.28. The lowest BCUT2D eigenvalue weighted by Crippen LogP contribution is -2.33. The highest BCUT2D eigenvalue weighted by atomic mass is 16.2. The molecule has 0 atom stereocenters. The second-order valence-electron chi connectivity index (χ2n) is 3.33. The Balaban J connectivity index is 2.52. The van der Waals surface area contributed by atoms with Gasteiger partial charge in [-0.2, -0.15) is 5.10 Å². The maximum atomic E-state index is 10.9. The van der Waals surface area contributed by atoms with E-state index in [-0.39, 0.29) is 18.2 Å². The Bertz CT molecular complexity index is 385. The maximum Gasteiger partial charge on any atom is 0.241 e. The van der Waals surface area contributed by atoms with E-state index in [2.05, 4.69) is 10.5 Å². The number of hydrogen-bond donors (Lipinski definition) is 4. The molecule has 1 aromatic carbocycles. The van der Waals surface area contributed by atoms with Gasteiger partial charge < -0.3 is 5.73 Å². The number of benzene rings is 1. The largest absolute Gasteiger partial charge is 0.385 e. The van der Waals surface area contributed by atoms with Crippen molar-refractivity contribution in [2.45, 2.75) is 13.3 Å². The van der Waals surface area contributed by atoms with Crippen LogP contribution in [0.3, 0.4) is 0 Å². The van der Waals surface area contributed by atoms with Crippen molar-refractivity contribution in [1.29, 1.82) is 0 Å². The molecule has 0 aliphatic heterocycles. The van der Waals surface area contributed by atoms with Gasteiger partial charge in [-0.05, 0) is 19.1 Å². The number of aryl methyl sites for hydroxylation is 1. The topological polar surface area (TPSA) is 106 Å². The number of carbonyl (C=O) groups is 1. The molecular formula is C10H15N5O. The van der Waals surface area contributed by atoms with Crippen LogP contribution in [-0.4, -0.2) is 11.7 Å². The number of amides is 1. The van der Waals surface area contributed by atoms with Gasteiger partial charge in [0.05, 0.1) is 12.1 Å². The first-order valence-corrected chi connectivity index (χ1v) is 4.76. The molecule has 0 unspecified atom stereocenters. The molecule has 0 saturated carbocycles. The molecule has 0 saturated heterocycles. The van der Waals surface area contributed by atoms with E-state index in [1.807, 2.05) is 36.6 Å². The Hall–Kier alpha value is -2.08. The minimum atomic E-state index is -0.382. The molecule has 1 rings (SSSR count). The number of anilines is 1. The maximum absolute atomic E-state index is 10.9. The van der Waals surface area contributed by atoms with Crippen LogP contribution >= 0.6 is 0 Å². The summed E-state index contributed by atoms with van der Waals surface area (Å²) in [7, 11) is 0. The number of hydrazine groups is 1. The summed E-state index contributed by atoms with van der Waals surface area (Å²) in [6.45, 7) is 1.99. The van der Waals surface area contributed by atoms with Crippen molar-refractivity contribution in [3.63, 3.8) is 0 Å². The Labute approximate surface area is 93.7 Å². The second-order valence-corrected chi connectivity index (χ2v) is 3.33. The van der Waals surface area contributed by atoms with E-state index in [1.54, 1.807) is 0 Å². The molecule has 0 radical (unpaired) electrons. The van der Waals surface area contributed by atoms with E-state index in [0.717, 1.165) is 11.3 Å². The minimum Gasteiger partial charge on any atom is -0.385 e. The zero-order valence-corrected chi connectivity index (χ0v) is 9.03. The molecule has 16 heavy (non-hydrogen) atoms. The molecule has 0 aliphatic carbocycles. The van der Waals surface area contributed by atoms with Gasteiger partial charge >= 0.3 is 0 Å². The first-order valence-electron chi connectivity index (χ1n) is 4.76. The number of nitrogens with zero attached hydrogens (tertiary/aromatic N) is 1. The monoisotopic (exact) mass is 221 g/mol. The summed E-state index contributed by atoms with van der Waals surface area (Å²) >= 11 is 0. The third kappa shape index (κ3) is 3.97. The molecule has 6 heteroatoms. The summed E-state index contributed by atoms with van der Waals surface area (Å²) in [5.41, 5.74) is 12.2. The average Bonchev–Trinajstić information content (AvgIpc) is 2.28. The van der Waals surface area contributed by atoms with Gasteiger partial charge in [0.15, 0.2) is 0 Å². The normalized spacial score (nSPS) is 11.0. The van der Waals surface area contributed by atoms with E-state index < -0.39 is 0 Å². The standard InChI is InChI=1S/C10H15N5O/c1-7-2-4-8(5-3-7)14-15-9(11)6-10(16)13-12/h2-5,14H,6,12H2,1H3,(H2,11,15)(H,13,16). The highest BCUT2D eigenvalue weighted by Gasteiger charge is 2.01. The van der Waals surface area contributed by atoms with Gasteiger partial charge in [-0.1, -0.05) is 17.7 Å². The fourth-order valence-electron chi connectivity index (χ4n) is 1.02. The molecule has 1 amide bonds. The molecule has 0 spiro atoms. The molecule has 0 bridgehead atoms. The van der Waals surface area contributed by atoms with E-state index in [0.29, 0.717) is 0 Å². The van der Waals surface area contributed by atoms with Crippen molar-refractivity contribution in [2.24, 2.45) is 16.7 Å². The number of amidine groups is 1. The second kappa shape index (κ2) is 5.72. The fraction of sp³-hybridized carbons (Fsp3) is 0.200. The van der Waals surface area contributed by atoms with E-state index in [9.17, 15) is 4.79 Å². The van der Waals surface area contributed by atoms with Crippen molar-refractivity contribution < 1.29 is 4.79 Å². The number of nitrogens with one attached hydrogen (secondary N) is 2. The molecule has 0 aliphatic rings. The van der Waals surface area contributed by atoms with Gasteiger partial charge in [-0.25, -0.2) is 5.84 Å².